The van der Waals surface area contributed by atoms with Crippen molar-refractivity contribution in [1.29, 1.82) is 0 Å². The molecule has 2 nitrogen and oxygen atoms in total. The Morgan fingerprint density at radius 3 is 2.44 bits per heavy atom. The van der Waals surface area contributed by atoms with E-state index >= 15 is 0 Å². The molecule has 0 saturated heterocycles. The van der Waals surface area contributed by atoms with Gasteiger partial charge in [-0.15, -0.1) is 0 Å². The summed E-state index contributed by atoms with van der Waals surface area (Å²) in [4.78, 5) is 8.93. The Labute approximate surface area is 120 Å². The summed E-state index contributed by atoms with van der Waals surface area (Å²) in [5.41, 5.74) is 1.05. The van der Waals surface area contributed by atoms with Crippen LogP contribution in [0.5, 0.6) is 0 Å². The van der Waals surface area contributed by atoms with Crippen molar-refractivity contribution >= 4 is 46.0 Å². The molecular formula is C11H16ClIN2S. The molecule has 1 heterocycles. The summed E-state index contributed by atoms with van der Waals surface area (Å²) >= 11 is 10.2. The van der Waals surface area contributed by atoms with Gasteiger partial charge in [0.15, 0.2) is 0 Å². The normalized spacial score (nSPS) is 11.9. The molecule has 0 N–H and O–H groups in total. The first kappa shape index (κ1) is 14.5. The maximum atomic E-state index is 6.14. The standard InChI is InChI=1S/C11H16ClIN2S/c1-5-16-6-7-14-9(11(2,3)4)8(13)10(12)15-7/h5-6H2,1-4H3. The average Bonchev–Trinajstić information content (AvgIpc) is 2.17. The number of rotatable bonds is 3. The quantitative estimate of drug-likeness (QED) is 0.586. The lowest BCUT2D eigenvalue weighted by Gasteiger charge is -2.20. The van der Waals surface area contributed by atoms with Gasteiger partial charge >= 0.3 is 0 Å². The molecule has 0 aliphatic carbocycles. The zero-order valence-corrected chi connectivity index (χ0v) is 13.7. The maximum absolute atomic E-state index is 6.14. The van der Waals surface area contributed by atoms with Crippen molar-refractivity contribution in [2.24, 2.45) is 0 Å². The van der Waals surface area contributed by atoms with E-state index in [0.717, 1.165) is 26.6 Å². The first-order chi connectivity index (χ1) is 7.36. The molecule has 5 heteroatoms. The van der Waals surface area contributed by atoms with Crippen molar-refractivity contribution in [3.8, 4) is 0 Å². The Kier molecular flexibility index (Phi) is 5.32. The average molecular weight is 371 g/mol. The van der Waals surface area contributed by atoms with Gasteiger partial charge in [-0.1, -0.05) is 39.3 Å². The van der Waals surface area contributed by atoms with Gasteiger partial charge in [0, 0.05) is 5.41 Å². The molecule has 90 valence electrons. The minimum absolute atomic E-state index is 0.00867. The van der Waals surface area contributed by atoms with Crippen LogP contribution in [0.2, 0.25) is 5.15 Å². The molecular weight excluding hydrogens is 355 g/mol. The highest BCUT2D eigenvalue weighted by Crippen LogP contribution is 2.29. The zero-order chi connectivity index (χ0) is 12.3. The fourth-order valence-electron chi connectivity index (χ4n) is 1.22. The van der Waals surface area contributed by atoms with Crippen molar-refractivity contribution in [1.82, 2.24) is 9.97 Å². The van der Waals surface area contributed by atoms with Crippen molar-refractivity contribution < 1.29 is 0 Å². The van der Waals surface area contributed by atoms with Gasteiger partial charge in [0.2, 0.25) is 0 Å². The van der Waals surface area contributed by atoms with Crippen LogP contribution in [0, 0.1) is 3.57 Å². The molecule has 0 aromatic carbocycles. The minimum Gasteiger partial charge on any atom is -0.235 e. The molecule has 0 amide bonds. The van der Waals surface area contributed by atoms with Crippen LogP contribution in [0.1, 0.15) is 39.2 Å². The van der Waals surface area contributed by atoms with E-state index in [2.05, 4.69) is 60.3 Å². The molecule has 0 aliphatic heterocycles. The zero-order valence-electron chi connectivity index (χ0n) is 9.97. The van der Waals surface area contributed by atoms with Crippen molar-refractivity contribution in [3.63, 3.8) is 0 Å². The van der Waals surface area contributed by atoms with Crippen LogP contribution in [0.25, 0.3) is 0 Å². The van der Waals surface area contributed by atoms with Gasteiger partial charge < -0.3 is 0 Å². The highest BCUT2D eigenvalue weighted by molar-refractivity contribution is 14.1. The smallest absolute Gasteiger partial charge is 0.146 e. The van der Waals surface area contributed by atoms with Gasteiger partial charge in [-0.2, -0.15) is 11.8 Å². The molecule has 0 bridgehead atoms. The van der Waals surface area contributed by atoms with Crippen LogP contribution in [-0.2, 0) is 11.2 Å². The Morgan fingerprint density at radius 1 is 1.31 bits per heavy atom. The third-order valence-corrected chi connectivity index (χ3v) is 4.49. The second-order valence-corrected chi connectivity index (χ2v) is 7.19. The number of hydrogen-bond donors (Lipinski definition) is 0. The maximum Gasteiger partial charge on any atom is 0.146 e. The van der Waals surface area contributed by atoms with E-state index in [4.69, 9.17) is 11.6 Å². The van der Waals surface area contributed by atoms with Crippen molar-refractivity contribution in [2.75, 3.05) is 5.75 Å². The predicted molar refractivity (Wildman–Crippen MR) is 80.3 cm³/mol. The molecule has 1 aromatic heterocycles. The number of halogens is 2. The molecule has 0 spiro atoms. The number of thioether (sulfide) groups is 1. The molecule has 1 aromatic rings. The van der Waals surface area contributed by atoms with E-state index in [0.29, 0.717) is 5.15 Å². The molecule has 0 atom stereocenters. The van der Waals surface area contributed by atoms with Gasteiger partial charge in [-0.3, -0.25) is 0 Å². The highest BCUT2D eigenvalue weighted by atomic mass is 127. The van der Waals surface area contributed by atoms with Crippen LogP contribution in [0.3, 0.4) is 0 Å². The summed E-state index contributed by atoms with van der Waals surface area (Å²) in [5.74, 6) is 2.73. The topological polar surface area (TPSA) is 25.8 Å². The van der Waals surface area contributed by atoms with Crippen LogP contribution in [0.4, 0.5) is 0 Å². The van der Waals surface area contributed by atoms with E-state index in [1.165, 1.54) is 0 Å². The van der Waals surface area contributed by atoms with Gasteiger partial charge in [-0.25, -0.2) is 9.97 Å². The predicted octanol–water partition coefficient (Wildman–Crippen LogP) is 4.29. The molecule has 0 fully saturated rings. The number of aromatic nitrogens is 2. The summed E-state index contributed by atoms with van der Waals surface area (Å²) in [6.45, 7) is 8.56. The third kappa shape index (κ3) is 3.74. The summed E-state index contributed by atoms with van der Waals surface area (Å²) in [6, 6.07) is 0. The summed E-state index contributed by atoms with van der Waals surface area (Å²) < 4.78 is 0.969. The lowest BCUT2D eigenvalue weighted by Crippen LogP contribution is -2.18. The Morgan fingerprint density at radius 2 is 1.94 bits per heavy atom. The summed E-state index contributed by atoms with van der Waals surface area (Å²) in [7, 11) is 0. The first-order valence-electron chi connectivity index (χ1n) is 5.16. The van der Waals surface area contributed by atoms with E-state index in [1.54, 1.807) is 0 Å². The third-order valence-electron chi connectivity index (χ3n) is 2.00. The van der Waals surface area contributed by atoms with E-state index in [9.17, 15) is 0 Å². The Bertz CT molecular complexity index is 377. The van der Waals surface area contributed by atoms with Gasteiger partial charge in [0.05, 0.1) is 15.0 Å². The molecule has 0 saturated carbocycles. The Hall–Kier alpha value is 0.450. The fourth-order valence-corrected chi connectivity index (χ4v) is 2.97. The van der Waals surface area contributed by atoms with E-state index in [-0.39, 0.29) is 5.41 Å². The molecule has 16 heavy (non-hydrogen) atoms. The van der Waals surface area contributed by atoms with Gasteiger partial charge in [0.1, 0.15) is 11.0 Å². The summed E-state index contributed by atoms with van der Waals surface area (Å²) in [5, 5.41) is 0.576. The largest absolute Gasteiger partial charge is 0.235 e. The van der Waals surface area contributed by atoms with Crippen molar-refractivity contribution in [3.05, 3.63) is 20.2 Å². The Balaban J connectivity index is 3.12. The van der Waals surface area contributed by atoms with Crippen LogP contribution < -0.4 is 0 Å². The molecule has 0 radical (unpaired) electrons. The van der Waals surface area contributed by atoms with Crippen molar-refractivity contribution in [2.45, 2.75) is 38.9 Å². The van der Waals surface area contributed by atoms with E-state index < -0.39 is 0 Å². The SMILES string of the molecule is CCSCc1nc(Cl)c(I)c(C(C)(C)C)n1. The second-order valence-electron chi connectivity index (χ2n) is 4.48. The highest BCUT2D eigenvalue weighted by Gasteiger charge is 2.22. The lowest BCUT2D eigenvalue weighted by atomic mass is 9.92. The van der Waals surface area contributed by atoms with Crippen LogP contribution in [-0.4, -0.2) is 15.7 Å². The van der Waals surface area contributed by atoms with Gasteiger partial charge in [-0.05, 0) is 28.3 Å². The number of hydrogen-bond acceptors (Lipinski definition) is 3. The first-order valence-corrected chi connectivity index (χ1v) is 7.77. The molecule has 0 unspecified atom stereocenters. The van der Waals surface area contributed by atoms with E-state index in [1.807, 2.05) is 11.8 Å². The van der Waals surface area contributed by atoms with Crippen LogP contribution >= 0.6 is 46.0 Å². The van der Waals surface area contributed by atoms with Gasteiger partial charge in [0.25, 0.3) is 0 Å². The monoisotopic (exact) mass is 370 g/mol. The summed E-state index contributed by atoms with van der Waals surface area (Å²) in [6.07, 6.45) is 0. The lowest BCUT2D eigenvalue weighted by molar-refractivity contribution is 0.559. The minimum atomic E-state index is 0.00867. The molecule has 1 rings (SSSR count). The molecule has 0 aliphatic rings. The fraction of sp³-hybridized carbons (Fsp3) is 0.636. The van der Waals surface area contributed by atoms with Crippen LogP contribution in [0.15, 0.2) is 0 Å². The number of nitrogens with zero attached hydrogens (tertiary/aromatic N) is 2. The second kappa shape index (κ2) is 5.87.